The first-order valence-electron chi connectivity index (χ1n) is 5.94. The van der Waals surface area contributed by atoms with E-state index in [2.05, 4.69) is 0 Å². The molecule has 3 heteroatoms. The number of hydrogen-bond acceptors (Lipinski definition) is 3. The summed E-state index contributed by atoms with van der Waals surface area (Å²) in [5.41, 5.74) is 0. The van der Waals surface area contributed by atoms with Gasteiger partial charge in [-0.25, -0.2) is 0 Å². The SMILES string of the molecule is CCOCCCCCCC(=O)OC(C)C. The van der Waals surface area contributed by atoms with Gasteiger partial charge in [0.2, 0.25) is 0 Å². The molecule has 0 rings (SSSR count). The number of carbonyl (C=O) groups is 1. The molecule has 0 fully saturated rings. The minimum absolute atomic E-state index is 0.00968. The third-order valence-corrected chi connectivity index (χ3v) is 1.99. The molecule has 0 N–H and O–H groups in total. The Labute approximate surface area is 93.1 Å². The normalized spacial score (nSPS) is 10.7. The van der Waals surface area contributed by atoms with E-state index in [1.165, 1.54) is 0 Å². The van der Waals surface area contributed by atoms with E-state index in [4.69, 9.17) is 9.47 Å². The Balaban J connectivity index is 3.13. The lowest BCUT2D eigenvalue weighted by molar-refractivity contribution is -0.147. The van der Waals surface area contributed by atoms with Crippen LogP contribution in [0.5, 0.6) is 0 Å². The topological polar surface area (TPSA) is 35.5 Å². The molecule has 15 heavy (non-hydrogen) atoms. The number of unbranched alkanes of at least 4 members (excludes halogenated alkanes) is 3. The molecule has 0 bridgehead atoms. The smallest absolute Gasteiger partial charge is 0.306 e. The van der Waals surface area contributed by atoms with Crippen LogP contribution in [0, 0.1) is 0 Å². The van der Waals surface area contributed by atoms with E-state index in [-0.39, 0.29) is 12.1 Å². The van der Waals surface area contributed by atoms with Gasteiger partial charge in [-0.2, -0.15) is 0 Å². The molecular weight excluding hydrogens is 192 g/mol. The van der Waals surface area contributed by atoms with Gasteiger partial charge in [0.05, 0.1) is 6.10 Å². The van der Waals surface area contributed by atoms with Crippen LogP contribution in [-0.4, -0.2) is 25.3 Å². The number of ether oxygens (including phenoxy) is 2. The van der Waals surface area contributed by atoms with Crippen LogP contribution in [0.1, 0.15) is 52.9 Å². The second kappa shape index (κ2) is 9.97. The van der Waals surface area contributed by atoms with Crippen molar-refractivity contribution in [3.63, 3.8) is 0 Å². The highest BCUT2D eigenvalue weighted by Gasteiger charge is 2.04. The van der Waals surface area contributed by atoms with Crippen molar-refractivity contribution < 1.29 is 14.3 Å². The van der Waals surface area contributed by atoms with Gasteiger partial charge >= 0.3 is 5.97 Å². The maximum atomic E-state index is 11.1. The molecular formula is C12H24O3. The Hall–Kier alpha value is -0.570. The Morgan fingerprint density at radius 3 is 2.40 bits per heavy atom. The molecule has 0 spiro atoms. The Morgan fingerprint density at radius 1 is 1.13 bits per heavy atom. The van der Waals surface area contributed by atoms with Crippen molar-refractivity contribution in [2.45, 2.75) is 59.0 Å². The monoisotopic (exact) mass is 216 g/mol. The predicted octanol–water partition coefficient (Wildman–Crippen LogP) is 2.93. The van der Waals surface area contributed by atoms with Crippen LogP contribution >= 0.6 is 0 Å². The number of rotatable bonds is 9. The molecule has 0 heterocycles. The summed E-state index contributed by atoms with van der Waals surface area (Å²) in [6.07, 6.45) is 4.79. The largest absolute Gasteiger partial charge is 0.463 e. The van der Waals surface area contributed by atoms with Crippen molar-refractivity contribution >= 4 is 5.97 Å². The summed E-state index contributed by atoms with van der Waals surface area (Å²) >= 11 is 0. The first kappa shape index (κ1) is 14.4. The molecule has 0 saturated heterocycles. The quantitative estimate of drug-likeness (QED) is 0.439. The lowest BCUT2D eigenvalue weighted by Gasteiger charge is -2.07. The van der Waals surface area contributed by atoms with Crippen molar-refractivity contribution in [2.24, 2.45) is 0 Å². The maximum absolute atomic E-state index is 11.1. The lowest BCUT2D eigenvalue weighted by atomic mass is 10.1. The van der Waals surface area contributed by atoms with Gasteiger partial charge in [-0.1, -0.05) is 12.8 Å². The van der Waals surface area contributed by atoms with E-state index >= 15 is 0 Å². The van der Waals surface area contributed by atoms with Crippen LogP contribution in [-0.2, 0) is 14.3 Å². The van der Waals surface area contributed by atoms with Crippen LogP contribution < -0.4 is 0 Å². The van der Waals surface area contributed by atoms with E-state index in [1.807, 2.05) is 20.8 Å². The summed E-state index contributed by atoms with van der Waals surface area (Å²) in [7, 11) is 0. The first-order chi connectivity index (χ1) is 7.16. The second-order valence-corrected chi connectivity index (χ2v) is 3.90. The highest BCUT2D eigenvalue weighted by Crippen LogP contribution is 2.05. The minimum atomic E-state index is -0.0743. The van der Waals surface area contributed by atoms with Crippen LogP contribution in [0.3, 0.4) is 0 Å². The molecule has 0 atom stereocenters. The molecule has 90 valence electrons. The van der Waals surface area contributed by atoms with Gasteiger partial charge in [-0.3, -0.25) is 4.79 Å². The van der Waals surface area contributed by atoms with Crippen LogP contribution in [0.4, 0.5) is 0 Å². The highest BCUT2D eigenvalue weighted by molar-refractivity contribution is 5.69. The maximum Gasteiger partial charge on any atom is 0.306 e. The average Bonchev–Trinajstić information content (AvgIpc) is 2.15. The number of esters is 1. The van der Waals surface area contributed by atoms with Crippen molar-refractivity contribution in [3.8, 4) is 0 Å². The van der Waals surface area contributed by atoms with E-state index in [0.29, 0.717) is 6.42 Å². The molecule has 0 aromatic carbocycles. The zero-order valence-corrected chi connectivity index (χ0v) is 10.3. The highest BCUT2D eigenvalue weighted by atomic mass is 16.5. The van der Waals surface area contributed by atoms with Crippen LogP contribution in [0.2, 0.25) is 0 Å². The van der Waals surface area contributed by atoms with E-state index in [0.717, 1.165) is 38.9 Å². The van der Waals surface area contributed by atoms with Gasteiger partial charge in [0, 0.05) is 19.6 Å². The van der Waals surface area contributed by atoms with E-state index in [1.54, 1.807) is 0 Å². The van der Waals surface area contributed by atoms with Gasteiger partial charge in [0.15, 0.2) is 0 Å². The Bertz CT molecular complexity index is 155. The van der Waals surface area contributed by atoms with Crippen molar-refractivity contribution in [1.29, 1.82) is 0 Å². The molecule has 0 amide bonds. The van der Waals surface area contributed by atoms with Crippen molar-refractivity contribution in [2.75, 3.05) is 13.2 Å². The Kier molecular flexibility index (Phi) is 9.59. The van der Waals surface area contributed by atoms with Gasteiger partial charge in [0.1, 0.15) is 0 Å². The fourth-order valence-corrected chi connectivity index (χ4v) is 1.29. The number of carbonyl (C=O) groups excluding carboxylic acids is 1. The summed E-state index contributed by atoms with van der Waals surface area (Å²) in [4.78, 5) is 11.1. The molecule has 0 aromatic rings. The first-order valence-corrected chi connectivity index (χ1v) is 5.94. The standard InChI is InChI=1S/C12H24O3/c1-4-14-10-8-6-5-7-9-12(13)15-11(2)3/h11H,4-10H2,1-3H3. The van der Waals surface area contributed by atoms with Crippen molar-refractivity contribution in [1.82, 2.24) is 0 Å². The van der Waals surface area contributed by atoms with E-state index < -0.39 is 0 Å². The second-order valence-electron chi connectivity index (χ2n) is 3.90. The zero-order chi connectivity index (χ0) is 11.5. The predicted molar refractivity (Wildman–Crippen MR) is 60.8 cm³/mol. The third-order valence-electron chi connectivity index (χ3n) is 1.99. The molecule has 0 aliphatic heterocycles. The van der Waals surface area contributed by atoms with Gasteiger partial charge < -0.3 is 9.47 Å². The lowest BCUT2D eigenvalue weighted by Crippen LogP contribution is -2.10. The molecule has 0 aromatic heterocycles. The van der Waals surface area contributed by atoms with Gasteiger partial charge in [0.25, 0.3) is 0 Å². The molecule has 0 unspecified atom stereocenters. The van der Waals surface area contributed by atoms with Crippen molar-refractivity contribution in [3.05, 3.63) is 0 Å². The molecule has 0 aliphatic rings. The summed E-state index contributed by atoms with van der Waals surface area (Å²) in [5, 5.41) is 0. The van der Waals surface area contributed by atoms with Gasteiger partial charge in [-0.15, -0.1) is 0 Å². The average molecular weight is 216 g/mol. The van der Waals surface area contributed by atoms with Crippen LogP contribution in [0.25, 0.3) is 0 Å². The fraction of sp³-hybridized carbons (Fsp3) is 0.917. The minimum Gasteiger partial charge on any atom is -0.463 e. The molecule has 0 radical (unpaired) electrons. The number of hydrogen-bond donors (Lipinski definition) is 0. The summed E-state index contributed by atoms with van der Waals surface area (Å²) < 4.78 is 10.3. The van der Waals surface area contributed by atoms with Gasteiger partial charge in [-0.05, 0) is 33.6 Å². The van der Waals surface area contributed by atoms with E-state index in [9.17, 15) is 4.79 Å². The summed E-state index contributed by atoms with van der Waals surface area (Å²) in [6.45, 7) is 7.38. The molecule has 0 aliphatic carbocycles. The third kappa shape index (κ3) is 11.4. The molecule has 3 nitrogen and oxygen atoms in total. The Morgan fingerprint density at radius 2 is 1.80 bits per heavy atom. The van der Waals surface area contributed by atoms with Crippen LogP contribution in [0.15, 0.2) is 0 Å². The fourth-order valence-electron chi connectivity index (χ4n) is 1.29. The summed E-state index contributed by atoms with van der Waals surface area (Å²) in [5.74, 6) is -0.0743. The zero-order valence-electron chi connectivity index (χ0n) is 10.3. The molecule has 0 saturated carbocycles. The summed E-state index contributed by atoms with van der Waals surface area (Å²) in [6, 6.07) is 0.